The van der Waals surface area contributed by atoms with Crippen LogP contribution in [0.2, 0.25) is 0 Å². The topological polar surface area (TPSA) is 84.5 Å². The minimum Gasteiger partial charge on any atom is -0.465 e. The molecule has 0 unspecified atom stereocenters. The van der Waals surface area contributed by atoms with E-state index in [0.29, 0.717) is 18.1 Å². The first-order chi connectivity index (χ1) is 9.51. The molecule has 0 fully saturated rings. The van der Waals surface area contributed by atoms with Gasteiger partial charge in [0.25, 0.3) is 10.0 Å². The van der Waals surface area contributed by atoms with Gasteiger partial charge in [-0.2, -0.15) is 0 Å². The average Bonchev–Trinajstić information content (AvgIpc) is 3.03. The first kappa shape index (κ1) is 14.8. The number of nitrogens with one attached hydrogen (secondary N) is 2. The Kier molecular flexibility index (Phi) is 4.64. The molecule has 0 bridgehead atoms. The highest BCUT2D eigenvalue weighted by molar-refractivity contribution is 7.89. The van der Waals surface area contributed by atoms with Crippen molar-refractivity contribution in [2.75, 3.05) is 6.54 Å². The maximum atomic E-state index is 12.0. The summed E-state index contributed by atoms with van der Waals surface area (Å²) in [6.07, 6.45) is 0. The third-order valence-corrected chi connectivity index (χ3v) is 3.96. The summed E-state index contributed by atoms with van der Waals surface area (Å²) in [5.41, 5.74) is 0. The molecule has 2 rings (SSSR count). The third kappa shape index (κ3) is 3.72. The number of aryl methyl sites for hydroxylation is 1. The number of furan rings is 2. The van der Waals surface area contributed by atoms with Crippen LogP contribution in [-0.2, 0) is 23.1 Å². The first-order valence-corrected chi connectivity index (χ1v) is 7.84. The molecule has 0 saturated carbocycles. The summed E-state index contributed by atoms with van der Waals surface area (Å²) >= 11 is 0. The summed E-state index contributed by atoms with van der Waals surface area (Å²) < 4.78 is 37.1. The molecule has 110 valence electrons. The molecule has 6 nitrogen and oxygen atoms in total. The molecule has 0 aliphatic rings. The highest BCUT2D eigenvalue weighted by Gasteiger charge is 2.19. The van der Waals surface area contributed by atoms with Crippen LogP contribution in [0, 0.1) is 6.92 Å². The minimum atomic E-state index is -3.66. The van der Waals surface area contributed by atoms with Gasteiger partial charge in [0.05, 0.1) is 13.1 Å². The fraction of sp³-hybridized carbons (Fsp3) is 0.385. The second kappa shape index (κ2) is 6.25. The molecule has 20 heavy (non-hydrogen) atoms. The van der Waals surface area contributed by atoms with Crippen molar-refractivity contribution in [3.8, 4) is 0 Å². The minimum absolute atomic E-state index is 0.0892. The number of rotatable bonds is 7. The zero-order valence-corrected chi connectivity index (χ0v) is 12.3. The number of hydrogen-bond donors (Lipinski definition) is 2. The van der Waals surface area contributed by atoms with Gasteiger partial charge in [0.2, 0.25) is 5.09 Å². The van der Waals surface area contributed by atoms with Gasteiger partial charge >= 0.3 is 0 Å². The van der Waals surface area contributed by atoms with E-state index < -0.39 is 10.0 Å². The molecule has 0 aliphatic heterocycles. The zero-order valence-electron chi connectivity index (χ0n) is 11.5. The van der Waals surface area contributed by atoms with E-state index in [2.05, 4.69) is 10.0 Å². The van der Waals surface area contributed by atoms with Gasteiger partial charge in [-0.15, -0.1) is 0 Å². The quantitative estimate of drug-likeness (QED) is 0.814. The van der Waals surface area contributed by atoms with Gasteiger partial charge in [0.15, 0.2) is 0 Å². The van der Waals surface area contributed by atoms with E-state index in [1.165, 1.54) is 6.07 Å². The SMILES string of the molecule is CCNCc1ccc(S(=O)(=O)NCc2ccc(C)o2)o1. The van der Waals surface area contributed by atoms with Crippen molar-refractivity contribution in [3.63, 3.8) is 0 Å². The molecular weight excluding hydrogens is 280 g/mol. The van der Waals surface area contributed by atoms with E-state index in [4.69, 9.17) is 8.83 Å². The van der Waals surface area contributed by atoms with Crippen LogP contribution in [0.1, 0.15) is 24.2 Å². The van der Waals surface area contributed by atoms with Gasteiger partial charge in [-0.05, 0) is 37.7 Å². The van der Waals surface area contributed by atoms with Gasteiger partial charge in [0, 0.05) is 0 Å². The van der Waals surface area contributed by atoms with E-state index in [-0.39, 0.29) is 11.6 Å². The molecule has 0 spiro atoms. The smallest absolute Gasteiger partial charge is 0.274 e. The lowest BCUT2D eigenvalue weighted by Gasteiger charge is -2.02. The molecule has 0 saturated heterocycles. The van der Waals surface area contributed by atoms with Crippen LogP contribution in [0.5, 0.6) is 0 Å². The highest BCUT2D eigenvalue weighted by atomic mass is 32.2. The second-order valence-corrected chi connectivity index (χ2v) is 6.04. The van der Waals surface area contributed by atoms with Gasteiger partial charge < -0.3 is 14.2 Å². The van der Waals surface area contributed by atoms with E-state index >= 15 is 0 Å². The van der Waals surface area contributed by atoms with Crippen molar-refractivity contribution in [2.24, 2.45) is 0 Å². The summed E-state index contributed by atoms with van der Waals surface area (Å²) in [7, 11) is -3.66. The summed E-state index contributed by atoms with van der Waals surface area (Å²) in [5.74, 6) is 1.89. The Morgan fingerprint density at radius 3 is 2.40 bits per heavy atom. The molecule has 2 aromatic rings. The second-order valence-electron chi connectivity index (χ2n) is 4.34. The Morgan fingerprint density at radius 1 is 1.05 bits per heavy atom. The highest BCUT2D eigenvalue weighted by Crippen LogP contribution is 2.14. The molecular formula is C13H18N2O4S. The fourth-order valence-corrected chi connectivity index (χ4v) is 2.60. The summed E-state index contributed by atoms with van der Waals surface area (Å²) in [6.45, 7) is 5.16. The van der Waals surface area contributed by atoms with E-state index in [9.17, 15) is 8.42 Å². The Bertz CT molecular complexity index is 657. The zero-order chi connectivity index (χ0) is 14.6. The largest absolute Gasteiger partial charge is 0.465 e. The monoisotopic (exact) mass is 298 g/mol. The normalized spacial score (nSPS) is 11.9. The van der Waals surface area contributed by atoms with Crippen LogP contribution in [-0.4, -0.2) is 15.0 Å². The van der Waals surface area contributed by atoms with Crippen LogP contribution in [0.4, 0.5) is 0 Å². The molecule has 0 aromatic carbocycles. The Balaban J connectivity index is 2.00. The summed E-state index contributed by atoms with van der Waals surface area (Å²) in [4.78, 5) is 0. The van der Waals surface area contributed by atoms with Crippen LogP contribution < -0.4 is 10.0 Å². The van der Waals surface area contributed by atoms with Crippen molar-refractivity contribution in [2.45, 2.75) is 32.0 Å². The molecule has 2 aromatic heterocycles. The van der Waals surface area contributed by atoms with Crippen molar-refractivity contribution in [1.82, 2.24) is 10.0 Å². The fourth-order valence-electron chi connectivity index (χ4n) is 1.66. The standard InChI is InChI=1S/C13H18N2O4S/c1-3-14-8-11-6-7-13(19-11)20(16,17)15-9-12-5-4-10(2)18-12/h4-7,14-15H,3,8-9H2,1-2H3. The Morgan fingerprint density at radius 2 is 1.75 bits per heavy atom. The van der Waals surface area contributed by atoms with Crippen molar-refractivity contribution in [3.05, 3.63) is 41.5 Å². The van der Waals surface area contributed by atoms with E-state index in [1.54, 1.807) is 25.1 Å². The van der Waals surface area contributed by atoms with Crippen LogP contribution in [0.15, 0.2) is 38.2 Å². The molecule has 0 aliphatic carbocycles. The molecule has 7 heteroatoms. The van der Waals surface area contributed by atoms with Crippen molar-refractivity contribution in [1.29, 1.82) is 0 Å². The van der Waals surface area contributed by atoms with Crippen LogP contribution >= 0.6 is 0 Å². The maximum Gasteiger partial charge on any atom is 0.274 e. The molecule has 2 heterocycles. The van der Waals surface area contributed by atoms with Gasteiger partial charge in [-0.3, -0.25) is 0 Å². The van der Waals surface area contributed by atoms with Crippen molar-refractivity contribution >= 4 is 10.0 Å². The lowest BCUT2D eigenvalue weighted by atomic mass is 10.4. The summed E-state index contributed by atoms with van der Waals surface area (Å²) in [5, 5.41) is 2.98. The summed E-state index contributed by atoms with van der Waals surface area (Å²) in [6, 6.07) is 6.61. The van der Waals surface area contributed by atoms with Crippen LogP contribution in [0.25, 0.3) is 0 Å². The van der Waals surface area contributed by atoms with Gasteiger partial charge in [0.1, 0.15) is 17.3 Å². The maximum absolute atomic E-state index is 12.0. The predicted molar refractivity (Wildman–Crippen MR) is 73.6 cm³/mol. The lowest BCUT2D eigenvalue weighted by molar-refractivity contribution is 0.400. The van der Waals surface area contributed by atoms with Crippen LogP contribution in [0.3, 0.4) is 0 Å². The van der Waals surface area contributed by atoms with Crippen molar-refractivity contribution < 1.29 is 17.3 Å². The third-order valence-electron chi connectivity index (χ3n) is 2.68. The van der Waals surface area contributed by atoms with Gasteiger partial charge in [-0.25, -0.2) is 13.1 Å². The Labute approximate surface area is 118 Å². The van der Waals surface area contributed by atoms with E-state index in [1.807, 2.05) is 6.92 Å². The predicted octanol–water partition coefficient (Wildman–Crippen LogP) is 1.77. The first-order valence-electron chi connectivity index (χ1n) is 6.35. The molecule has 0 radical (unpaired) electrons. The lowest BCUT2D eigenvalue weighted by Crippen LogP contribution is -2.22. The molecule has 0 amide bonds. The average molecular weight is 298 g/mol. The van der Waals surface area contributed by atoms with Gasteiger partial charge in [-0.1, -0.05) is 6.92 Å². The number of hydrogen-bond acceptors (Lipinski definition) is 5. The van der Waals surface area contributed by atoms with E-state index in [0.717, 1.165) is 12.3 Å². The molecule has 2 N–H and O–H groups in total. The number of sulfonamides is 1. The Hall–Kier alpha value is -1.57. The molecule has 0 atom stereocenters.